The first-order chi connectivity index (χ1) is 11.9. The van der Waals surface area contributed by atoms with Crippen LogP contribution in [0.25, 0.3) is 0 Å². The molecule has 138 valence electrons. The Hall–Kier alpha value is -2.41. The van der Waals surface area contributed by atoms with Crippen molar-refractivity contribution < 1.29 is 29.3 Å². The van der Waals surface area contributed by atoms with Gasteiger partial charge in [-0.15, -0.1) is 0 Å². The molecule has 2 N–H and O–H groups in total. The number of hydrogen-bond acceptors (Lipinski definition) is 5. The second-order valence-corrected chi connectivity index (χ2v) is 5.77. The number of aliphatic carboxylic acids is 2. The van der Waals surface area contributed by atoms with Crippen molar-refractivity contribution >= 4 is 17.7 Å². The highest BCUT2D eigenvalue weighted by atomic mass is 16.5. The molecule has 1 aliphatic heterocycles. The van der Waals surface area contributed by atoms with Crippen molar-refractivity contribution in [1.29, 1.82) is 0 Å². The molecular weight excluding hydrogens is 326 g/mol. The van der Waals surface area contributed by atoms with Crippen LogP contribution in [0.3, 0.4) is 0 Å². The number of ketones is 1. The molecule has 1 fully saturated rings. The quantitative estimate of drug-likeness (QED) is 0.460. The molecule has 0 radical (unpaired) electrons. The van der Waals surface area contributed by atoms with Gasteiger partial charge in [-0.25, -0.2) is 9.59 Å². The molecule has 1 aliphatic rings. The van der Waals surface area contributed by atoms with E-state index >= 15 is 0 Å². The van der Waals surface area contributed by atoms with Crippen LogP contribution in [0.2, 0.25) is 0 Å². The predicted octanol–water partition coefficient (Wildman–Crippen LogP) is 2.30. The van der Waals surface area contributed by atoms with Crippen LogP contribution in [-0.2, 0) is 9.59 Å². The number of piperidine rings is 1. The first-order valence-electron chi connectivity index (χ1n) is 8.33. The van der Waals surface area contributed by atoms with Crippen molar-refractivity contribution in [1.82, 2.24) is 4.90 Å². The Bertz CT molecular complexity index is 569. The average Bonchev–Trinajstić information content (AvgIpc) is 2.60. The predicted molar refractivity (Wildman–Crippen MR) is 92.1 cm³/mol. The van der Waals surface area contributed by atoms with Crippen molar-refractivity contribution in [2.45, 2.75) is 32.6 Å². The number of carbonyl (C=O) groups excluding carboxylic acids is 1. The summed E-state index contributed by atoms with van der Waals surface area (Å²) >= 11 is 0. The lowest BCUT2D eigenvalue weighted by molar-refractivity contribution is -0.159. The van der Waals surface area contributed by atoms with Crippen LogP contribution >= 0.6 is 0 Å². The molecule has 7 nitrogen and oxygen atoms in total. The summed E-state index contributed by atoms with van der Waals surface area (Å²) in [6, 6.07) is 7.48. The van der Waals surface area contributed by atoms with Crippen LogP contribution in [0.15, 0.2) is 24.3 Å². The first kappa shape index (κ1) is 20.6. The van der Waals surface area contributed by atoms with Gasteiger partial charge in [0.25, 0.3) is 0 Å². The number of likely N-dealkylation sites (tertiary alicyclic amines) is 1. The summed E-state index contributed by atoms with van der Waals surface area (Å²) in [4.78, 5) is 32.2. The molecule has 0 atom stereocenters. The van der Waals surface area contributed by atoms with E-state index in [1.54, 1.807) is 6.92 Å². The number of rotatable bonds is 6. The van der Waals surface area contributed by atoms with E-state index in [1.807, 2.05) is 24.3 Å². The molecule has 0 saturated carbocycles. The van der Waals surface area contributed by atoms with Gasteiger partial charge < -0.3 is 19.8 Å². The summed E-state index contributed by atoms with van der Waals surface area (Å²) in [6.07, 6.45) is 5.05. The fourth-order valence-electron chi connectivity index (χ4n) is 2.54. The molecular formula is C18H25NO6. The standard InChI is InChI=1S/C16H23NO2.C2H2O4/c1-14(18)15-8-3-4-9-16(15)19-13-7-12-17-10-5-2-6-11-17;3-1(4)2(5)6/h3-4,8-9H,2,5-7,10-13H2,1H3;(H,3,4)(H,5,6). The molecule has 1 aromatic carbocycles. The SMILES string of the molecule is CC(=O)c1ccccc1OCCCN1CCCCC1.O=C(O)C(=O)O. The Labute approximate surface area is 147 Å². The number of Topliss-reactive ketones (excluding diaryl/α,β-unsaturated/α-hetero) is 1. The number of carboxylic acids is 2. The molecule has 0 aromatic heterocycles. The van der Waals surface area contributed by atoms with E-state index in [9.17, 15) is 4.79 Å². The van der Waals surface area contributed by atoms with Crippen molar-refractivity contribution in [3.63, 3.8) is 0 Å². The van der Waals surface area contributed by atoms with Crippen LogP contribution in [-0.4, -0.2) is 59.1 Å². The highest BCUT2D eigenvalue weighted by Crippen LogP contribution is 2.18. The van der Waals surface area contributed by atoms with Crippen molar-refractivity contribution in [2.24, 2.45) is 0 Å². The molecule has 2 rings (SSSR count). The van der Waals surface area contributed by atoms with Gasteiger partial charge in [0.15, 0.2) is 5.78 Å². The van der Waals surface area contributed by atoms with E-state index in [1.165, 1.54) is 32.4 Å². The van der Waals surface area contributed by atoms with E-state index in [4.69, 9.17) is 24.5 Å². The van der Waals surface area contributed by atoms with Crippen LogP contribution in [0, 0.1) is 0 Å². The zero-order chi connectivity index (χ0) is 18.7. The number of nitrogens with zero attached hydrogens (tertiary/aromatic N) is 1. The maximum absolute atomic E-state index is 11.5. The Morgan fingerprint density at radius 3 is 2.20 bits per heavy atom. The third-order valence-corrected chi connectivity index (χ3v) is 3.77. The molecule has 0 bridgehead atoms. The largest absolute Gasteiger partial charge is 0.493 e. The van der Waals surface area contributed by atoms with Crippen molar-refractivity contribution in [3.05, 3.63) is 29.8 Å². The molecule has 25 heavy (non-hydrogen) atoms. The van der Waals surface area contributed by atoms with Crippen LogP contribution in [0.5, 0.6) is 5.75 Å². The van der Waals surface area contributed by atoms with E-state index in [2.05, 4.69) is 4.90 Å². The topological polar surface area (TPSA) is 104 Å². The molecule has 0 spiro atoms. The summed E-state index contributed by atoms with van der Waals surface area (Å²) in [5, 5.41) is 14.8. The molecule has 1 aromatic rings. The molecule has 0 amide bonds. The van der Waals surface area contributed by atoms with E-state index in [-0.39, 0.29) is 5.78 Å². The lowest BCUT2D eigenvalue weighted by atomic mass is 10.1. The van der Waals surface area contributed by atoms with Gasteiger partial charge in [0.1, 0.15) is 5.75 Å². The second kappa shape index (κ2) is 11.2. The van der Waals surface area contributed by atoms with Gasteiger partial charge in [0.05, 0.1) is 12.2 Å². The smallest absolute Gasteiger partial charge is 0.414 e. The van der Waals surface area contributed by atoms with E-state index in [0.717, 1.165) is 13.0 Å². The maximum Gasteiger partial charge on any atom is 0.414 e. The summed E-state index contributed by atoms with van der Waals surface area (Å²) in [5.41, 5.74) is 0.681. The second-order valence-electron chi connectivity index (χ2n) is 5.77. The highest BCUT2D eigenvalue weighted by Gasteiger charge is 2.10. The zero-order valence-corrected chi connectivity index (χ0v) is 14.4. The molecule has 1 heterocycles. The third-order valence-electron chi connectivity index (χ3n) is 3.77. The van der Waals surface area contributed by atoms with Crippen molar-refractivity contribution in [3.8, 4) is 5.75 Å². The number of carboxylic acid groups (broad SMARTS) is 2. The van der Waals surface area contributed by atoms with Gasteiger partial charge in [-0.2, -0.15) is 0 Å². The number of hydrogen-bond donors (Lipinski definition) is 2. The number of carbonyl (C=O) groups is 3. The van der Waals surface area contributed by atoms with E-state index < -0.39 is 11.9 Å². The lowest BCUT2D eigenvalue weighted by Gasteiger charge is -2.26. The molecule has 1 saturated heterocycles. The van der Waals surface area contributed by atoms with Crippen LogP contribution < -0.4 is 4.74 Å². The maximum atomic E-state index is 11.5. The van der Waals surface area contributed by atoms with Gasteiger partial charge in [-0.3, -0.25) is 4.79 Å². The zero-order valence-electron chi connectivity index (χ0n) is 14.4. The molecule has 0 unspecified atom stereocenters. The highest BCUT2D eigenvalue weighted by molar-refractivity contribution is 6.27. The summed E-state index contributed by atoms with van der Waals surface area (Å²) in [6.45, 7) is 5.81. The summed E-state index contributed by atoms with van der Waals surface area (Å²) in [7, 11) is 0. The third kappa shape index (κ3) is 8.30. The van der Waals surface area contributed by atoms with Gasteiger partial charge in [0.2, 0.25) is 0 Å². The van der Waals surface area contributed by atoms with Crippen LogP contribution in [0.1, 0.15) is 43.0 Å². The van der Waals surface area contributed by atoms with Crippen molar-refractivity contribution in [2.75, 3.05) is 26.2 Å². The Morgan fingerprint density at radius 2 is 1.64 bits per heavy atom. The minimum atomic E-state index is -1.82. The summed E-state index contributed by atoms with van der Waals surface area (Å²) in [5.74, 6) is -2.87. The number of para-hydroxylation sites is 1. The molecule has 0 aliphatic carbocycles. The Kier molecular flexibility index (Phi) is 9.24. The van der Waals surface area contributed by atoms with Gasteiger partial charge >= 0.3 is 11.9 Å². The van der Waals surface area contributed by atoms with Crippen LogP contribution in [0.4, 0.5) is 0 Å². The fraction of sp³-hybridized carbons (Fsp3) is 0.500. The van der Waals surface area contributed by atoms with Gasteiger partial charge in [0, 0.05) is 6.54 Å². The average molecular weight is 351 g/mol. The van der Waals surface area contributed by atoms with Gasteiger partial charge in [-0.1, -0.05) is 18.6 Å². The number of benzene rings is 1. The summed E-state index contributed by atoms with van der Waals surface area (Å²) < 4.78 is 5.74. The monoisotopic (exact) mass is 351 g/mol. The normalized spacial score (nSPS) is 14.1. The fourth-order valence-corrected chi connectivity index (χ4v) is 2.54. The number of ether oxygens (including phenoxy) is 1. The van der Waals surface area contributed by atoms with Gasteiger partial charge in [-0.05, 0) is 51.4 Å². The lowest BCUT2D eigenvalue weighted by Crippen LogP contribution is -2.31. The Morgan fingerprint density at radius 1 is 1.04 bits per heavy atom. The minimum absolute atomic E-state index is 0.0617. The van der Waals surface area contributed by atoms with E-state index in [0.29, 0.717) is 17.9 Å². The minimum Gasteiger partial charge on any atom is -0.493 e. The Balaban J connectivity index is 0.000000450. The first-order valence-corrected chi connectivity index (χ1v) is 8.33. The molecule has 7 heteroatoms.